The van der Waals surface area contributed by atoms with Crippen molar-refractivity contribution in [1.82, 2.24) is 0 Å². The third-order valence-corrected chi connectivity index (χ3v) is 12.7. The van der Waals surface area contributed by atoms with E-state index < -0.39 is 0 Å². The van der Waals surface area contributed by atoms with Crippen molar-refractivity contribution in [3.05, 3.63) is 194 Å². The Labute approximate surface area is 324 Å². The first-order valence-electron chi connectivity index (χ1n) is 19.6. The van der Waals surface area contributed by atoms with Gasteiger partial charge < -0.3 is 0 Å². The second-order valence-electron chi connectivity index (χ2n) is 15.5. The number of hydrogen-bond donors (Lipinski definition) is 0. The van der Waals surface area contributed by atoms with Gasteiger partial charge in [0.15, 0.2) is 0 Å². The van der Waals surface area contributed by atoms with Gasteiger partial charge in [-0.3, -0.25) is 0 Å². The van der Waals surface area contributed by atoms with Crippen molar-refractivity contribution in [2.75, 3.05) is 0 Å². The summed E-state index contributed by atoms with van der Waals surface area (Å²) < 4.78 is 0. The van der Waals surface area contributed by atoms with Crippen molar-refractivity contribution < 1.29 is 0 Å². The van der Waals surface area contributed by atoms with Crippen molar-refractivity contribution in [1.29, 1.82) is 0 Å². The highest BCUT2D eigenvalue weighted by molar-refractivity contribution is 6.29. The fourth-order valence-corrected chi connectivity index (χ4v) is 10.4. The topological polar surface area (TPSA) is 0 Å². The highest BCUT2D eigenvalue weighted by atomic mass is 14.3. The first-order valence-corrected chi connectivity index (χ1v) is 19.6. The Morgan fingerprint density at radius 1 is 0.196 bits per heavy atom. The Hall–Kier alpha value is -7.28. The fourth-order valence-electron chi connectivity index (χ4n) is 10.4. The lowest BCUT2D eigenvalue weighted by atomic mass is 9.82. The second-order valence-corrected chi connectivity index (χ2v) is 15.5. The van der Waals surface area contributed by atoms with Gasteiger partial charge in [-0.15, -0.1) is 0 Å². The van der Waals surface area contributed by atoms with E-state index in [-0.39, 0.29) is 0 Å². The molecule has 0 aliphatic heterocycles. The van der Waals surface area contributed by atoms with E-state index in [0.717, 1.165) is 0 Å². The van der Waals surface area contributed by atoms with Crippen molar-refractivity contribution >= 4 is 53.9 Å². The third kappa shape index (κ3) is 3.98. The summed E-state index contributed by atoms with van der Waals surface area (Å²) in [5.41, 5.74) is 18.2. The van der Waals surface area contributed by atoms with E-state index >= 15 is 0 Å². The van der Waals surface area contributed by atoms with Crippen LogP contribution in [0, 0.1) is 0 Å². The normalized spacial score (nSPS) is 12.3. The zero-order chi connectivity index (χ0) is 36.5. The molecule has 0 amide bonds. The largest absolute Gasteiger partial charge is 0.0616 e. The molecule has 56 heavy (non-hydrogen) atoms. The van der Waals surface area contributed by atoms with Crippen LogP contribution in [0.15, 0.2) is 194 Å². The lowest BCUT2D eigenvalue weighted by Crippen LogP contribution is -1.94. The van der Waals surface area contributed by atoms with E-state index in [2.05, 4.69) is 194 Å². The zero-order valence-electron chi connectivity index (χ0n) is 30.5. The Bertz CT molecular complexity index is 3470. The Morgan fingerprint density at radius 2 is 0.589 bits per heavy atom. The maximum atomic E-state index is 2.47. The molecule has 256 valence electrons. The Morgan fingerprint density at radius 3 is 1.18 bits per heavy atom. The molecule has 0 saturated heterocycles. The standard InChI is InChI=1S/C56H32/c1-2-12-34-31-35(24-23-33(34)11-1)36-25-26-51-52(32-36)56(50-30-28-48-40-16-6-4-14-38(40)42-20-10-22-46(50)54(42)48)44-18-8-7-17-43(44)55(51)49-29-27-47-39-15-5-3-13-37(39)41-19-9-21-45(49)53(41)47/h1-32H. The minimum Gasteiger partial charge on any atom is -0.0616 e. The van der Waals surface area contributed by atoms with Crippen LogP contribution in [0.5, 0.6) is 0 Å². The average Bonchev–Trinajstić information content (AvgIpc) is 3.77. The second kappa shape index (κ2) is 11.1. The molecular formula is C56H32. The number of hydrogen-bond acceptors (Lipinski definition) is 0. The summed E-state index contributed by atoms with van der Waals surface area (Å²) in [4.78, 5) is 0. The highest BCUT2D eigenvalue weighted by Gasteiger charge is 2.27. The molecule has 2 aliphatic carbocycles. The van der Waals surface area contributed by atoms with Gasteiger partial charge in [0.2, 0.25) is 0 Å². The molecule has 0 saturated carbocycles. The Balaban J connectivity index is 1.16. The minimum atomic E-state index is 1.22. The molecule has 0 bridgehead atoms. The van der Waals surface area contributed by atoms with Gasteiger partial charge >= 0.3 is 0 Å². The predicted octanol–water partition coefficient (Wildman–Crippen LogP) is 15.7. The van der Waals surface area contributed by atoms with Gasteiger partial charge in [0.05, 0.1) is 0 Å². The quantitative estimate of drug-likeness (QED) is 0.161. The first-order chi connectivity index (χ1) is 27.8. The van der Waals surface area contributed by atoms with Gasteiger partial charge in [-0.25, -0.2) is 0 Å². The summed E-state index contributed by atoms with van der Waals surface area (Å²) in [5, 5.41) is 12.9. The van der Waals surface area contributed by atoms with Crippen LogP contribution in [0.3, 0.4) is 0 Å². The van der Waals surface area contributed by atoms with Crippen LogP contribution in [0.25, 0.3) is 132 Å². The summed E-state index contributed by atoms with van der Waals surface area (Å²) in [6.07, 6.45) is 0. The van der Waals surface area contributed by atoms with Crippen LogP contribution in [0.2, 0.25) is 0 Å². The molecule has 0 N–H and O–H groups in total. The van der Waals surface area contributed by atoms with Gasteiger partial charge in [0.1, 0.15) is 0 Å². The van der Waals surface area contributed by atoms with Crippen LogP contribution in [-0.4, -0.2) is 0 Å². The summed E-state index contributed by atoms with van der Waals surface area (Å²) >= 11 is 0. The summed E-state index contributed by atoms with van der Waals surface area (Å²) in [7, 11) is 0. The molecule has 0 nitrogen and oxygen atoms in total. The lowest BCUT2D eigenvalue weighted by molar-refractivity contribution is 1.66. The van der Waals surface area contributed by atoms with Crippen molar-refractivity contribution in [2.45, 2.75) is 0 Å². The van der Waals surface area contributed by atoms with Crippen LogP contribution < -0.4 is 0 Å². The lowest BCUT2D eigenvalue weighted by Gasteiger charge is -2.21. The number of rotatable bonds is 3. The van der Waals surface area contributed by atoms with E-state index in [9.17, 15) is 0 Å². The van der Waals surface area contributed by atoms with Crippen molar-refractivity contribution in [2.24, 2.45) is 0 Å². The Kier molecular flexibility index (Phi) is 5.98. The molecule has 11 aromatic rings. The van der Waals surface area contributed by atoms with Gasteiger partial charge in [-0.05, 0) is 144 Å². The predicted molar refractivity (Wildman–Crippen MR) is 239 cm³/mol. The van der Waals surface area contributed by atoms with Gasteiger partial charge in [0, 0.05) is 0 Å². The van der Waals surface area contributed by atoms with Crippen LogP contribution in [-0.2, 0) is 0 Å². The van der Waals surface area contributed by atoms with E-state index in [4.69, 9.17) is 0 Å². The molecule has 13 rings (SSSR count). The van der Waals surface area contributed by atoms with E-state index in [0.29, 0.717) is 0 Å². The minimum absolute atomic E-state index is 1.22. The highest BCUT2D eigenvalue weighted by Crippen LogP contribution is 2.54. The molecule has 0 unspecified atom stereocenters. The molecule has 2 aliphatic rings. The molecule has 0 spiro atoms. The maximum Gasteiger partial charge on any atom is -0.00199 e. The van der Waals surface area contributed by atoms with E-state index in [1.807, 2.05) is 0 Å². The molecule has 0 heterocycles. The zero-order valence-corrected chi connectivity index (χ0v) is 30.5. The smallest absolute Gasteiger partial charge is 0.00199 e. The molecule has 0 heteroatoms. The van der Waals surface area contributed by atoms with Crippen molar-refractivity contribution in [3.63, 3.8) is 0 Å². The molecule has 0 aromatic heterocycles. The average molecular weight is 705 g/mol. The summed E-state index contributed by atoms with van der Waals surface area (Å²) in [5.74, 6) is 0. The van der Waals surface area contributed by atoms with Gasteiger partial charge in [-0.2, -0.15) is 0 Å². The summed E-state index contributed by atoms with van der Waals surface area (Å²) in [6, 6.07) is 72.9. The summed E-state index contributed by atoms with van der Waals surface area (Å²) in [6.45, 7) is 0. The van der Waals surface area contributed by atoms with Crippen LogP contribution >= 0.6 is 0 Å². The first kappa shape index (κ1) is 30.1. The third-order valence-electron chi connectivity index (χ3n) is 12.7. The molecule has 0 fully saturated rings. The SMILES string of the molecule is c1ccc2c(c1)-c1cccc3c(-c4c5ccccc5c(-c5ccc6c7c(cccc57)-c5ccccc5-6)c5cc(-c6ccc7ccccc7c6)ccc45)ccc-2c13. The molecular weight excluding hydrogens is 673 g/mol. The number of fused-ring (bicyclic) bond motifs is 9. The fraction of sp³-hybridized carbons (Fsp3) is 0. The monoisotopic (exact) mass is 704 g/mol. The van der Waals surface area contributed by atoms with E-state index in [1.54, 1.807) is 0 Å². The number of benzene rings is 11. The molecule has 0 atom stereocenters. The maximum absolute atomic E-state index is 2.47. The molecule has 0 radical (unpaired) electrons. The molecule has 11 aromatic carbocycles. The van der Waals surface area contributed by atoms with Gasteiger partial charge in [0.25, 0.3) is 0 Å². The van der Waals surface area contributed by atoms with Gasteiger partial charge in [-0.1, -0.05) is 182 Å². The van der Waals surface area contributed by atoms with Crippen LogP contribution in [0.1, 0.15) is 0 Å². The van der Waals surface area contributed by atoms with Crippen molar-refractivity contribution in [3.8, 4) is 77.9 Å². The van der Waals surface area contributed by atoms with E-state index in [1.165, 1.54) is 132 Å². The van der Waals surface area contributed by atoms with Crippen LogP contribution in [0.4, 0.5) is 0 Å².